The van der Waals surface area contributed by atoms with Crippen molar-refractivity contribution in [3.05, 3.63) is 60.7 Å². The normalized spacial score (nSPS) is 18.0. The maximum atomic E-state index is 12.3. The van der Waals surface area contributed by atoms with Gasteiger partial charge >= 0.3 is 0 Å². The maximum Gasteiger partial charge on any atom is 0.238 e. The van der Waals surface area contributed by atoms with Crippen molar-refractivity contribution in [2.75, 3.05) is 28.2 Å². The number of hydrogen-bond donors (Lipinski definition) is 0. The molecule has 0 atom stereocenters. The van der Waals surface area contributed by atoms with Gasteiger partial charge in [0, 0.05) is 12.2 Å². The molecule has 0 aromatic heterocycles. The zero-order valence-corrected chi connectivity index (χ0v) is 11.8. The summed E-state index contributed by atoms with van der Waals surface area (Å²) in [7, 11) is -3.23. The van der Waals surface area contributed by atoms with Gasteiger partial charge in [-0.05, 0) is 24.3 Å². The highest BCUT2D eigenvalue weighted by Gasteiger charge is 2.30. The van der Waals surface area contributed by atoms with Crippen LogP contribution in [0.15, 0.2) is 60.7 Å². The quantitative estimate of drug-likeness (QED) is 0.851. The summed E-state index contributed by atoms with van der Waals surface area (Å²) in [6.07, 6.45) is 0. The molecule has 104 valence electrons. The first-order valence-corrected chi connectivity index (χ1v) is 8.13. The lowest BCUT2D eigenvalue weighted by Gasteiger charge is -2.37. The Hall–Kier alpha value is -2.01. The van der Waals surface area contributed by atoms with Crippen LogP contribution in [-0.4, -0.2) is 27.4 Å². The zero-order valence-electron chi connectivity index (χ0n) is 11.0. The van der Waals surface area contributed by atoms with E-state index in [0.29, 0.717) is 18.9 Å². The number of hydrogen-bond acceptors (Lipinski definition) is 3. The van der Waals surface area contributed by atoms with Gasteiger partial charge in [-0.2, -0.15) is 0 Å². The Bertz CT molecular complexity index is 672. The van der Waals surface area contributed by atoms with Crippen molar-refractivity contribution < 1.29 is 8.42 Å². The van der Waals surface area contributed by atoms with Crippen molar-refractivity contribution in [2.24, 2.45) is 0 Å². The highest BCUT2D eigenvalue weighted by atomic mass is 32.2. The SMILES string of the molecule is O=S1(=O)CCN(c2ccccc2)CN1c1ccccc1. The second-order valence-corrected chi connectivity index (χ2v) is 6.75. The summed E-state index contributed by atoms with van der Waals surface area (Å²) in [6, 6.07) is 19.1. The van der Waals surface area contributed by atoms with Crippen molar-refractivity contribution in [1.29, 1.82) is 0 Å². The van der Waals surface area contributed by atoms with Gasteiger partial charge in [0.1, 0.15) is 6.67 Å². The average molecular weight is 288 g/mol. The number of nitrogens with zero attached hydrogens (tertiary/aromatic N) is 2. The van der Waals surface area contributed by atoms with Crippen molar-refractivity contribution in [3.63, 3.8) is 0 Å². The van der Waals surface area contributed by atoms with Crippen molar-refractivity contribution in [1.82, 2.24) is 0 Å². The standard InChI is InChI=1S/C15H16N2O2S/c18-20(19)12-11-16(14-7-3-1-4-8-14)13-17(20)15-9-5-2-6-10-15/h1-10H,11-13H2. The van der Waals surface area contributed by atoms with Crippen molar-refractivity contribution in [3.8, 4) is 0 Å². The minimum absolute atomic E-state index is 0.136. The van der Waals surface area contributed by atoms with Crippen LogP contribution in [0.1, 0.15) is 0 Å². The van der Waals surface area contributed by atoms with Gasteiger partial charge in [-0.3, -0.25) is 4.31 Å². The predicted molar refractivity (Wildman–Crippen MR) is 81.4 cm³/mol. The fourth-order valence-corrected chi connectivity index (χ4v) is 3.77. The molecule has 4 nitrogen and oxygen atoms in total. The van der Waals surface area contributed by atoms with Crippen LogP contribution in [0.2, 0.25) is 0 Å². The molecule has 5 heteroatoms. The molecule has 20 heavy (non-hydrogen) atoms. The molecular formula is C15H16N2O2S. The Morgan fingerprint density at radius 2 is 1.35 bits per heavy atom. The minimum atomic E-state index is -3.23. The lowest BCUT2D eigenvalue weighted by Crippen LogP contribution is -2.50. The predicted octanol–water partition coefficient (Wildman–Crippen LogP) is 2.30. The number of para-hydroxylation sites is 2. The van der Waals surface area contributed by atoms with Crippen LogP contribution in [0.3, 0.4) is 0 Å². The van der Waals surface area contributed by atoms with Gasteiger partial charge in [-0.15, -0.1) is 0 Å². The highest BCUT2D eigenvalue weighted by molar-refractivity contribution is 7.92. The molecule has 2 aromatic carbocycles. The number of anilines is 2. The Labute approximate surface area is 119 Å². The van der Waals surface area contributed by atoms with Crippen molar-refractivity contribution >= 4 is 21.4 Å². The highest BCUT2D eigenvalue weighted by Crippen LogP contribution is 2.24. The topological polar surface area (TPSA) is 40.6 Å². The molecule has 0 aliphatic carbocycles. The Morgan fingerprint density at radius 3 is 1.95 bits per heavy atom. The van der Waals surface area contributed by atoms with E-state index in [9.17, 15) is 8.42 Å². The molecule has 1 heterocycles. The van der Waals surface area contributed by atoms with E-state index in [1.807, 2.05) is 60.7 Å². The molecule has 0 unspecified atom stereocenters. The van der Waals surface area contributed by atoms with E-state index in [1.54, 1.807) is 0 Å². The van der Waals surface area contributed by atoms with Gasteiger partial charge in [-0.1, -0.05) is 36.4 Å². The van der Waals surface area contributed by atoms with Gasteiger partial charge < -0.3 is 4.90 Å². The Kier molecular flexibility index (Phi) is 3.36. The number of benzene rings is 2. The van der Waals surface area contributed by atoms with Crippen LogP contribution >= 0.6 is 0 Å². The monoisotopic (exact) mass is 288 g/mol. The van der Waals surface area contributed by atoms with Gasteiger partial charge in [0.2, 0.25) is 10.0 Å². The lowest BCUT2D eigenvalue weighted by atomic mass is 10.3. The Balaban J connectivity index is 1.92. The molecule has 1 aliphatic rings. The minimum Gasteiger partial charge on any atom is -0.352 e. The molecule has 0 saturated carbocycles. The van der Waals surface area contributed by atoms with Crippen LogP contribution < -0.4 is 9.21 Å². The molecule has 3 rings (SSSR count). The molecule has 1 fully saturated rings. The van der Waals surface area contributed by atoms with Crippen LogP contribution in [0.25, 0.3) is 0 Å². The van der Waals surface area contributed by atoms with E-state index in [-0.39, 0.29) is 5.75 Å². The second kappa shape index (κ2) is 5.17. The van der Waals surface area contributed by atoms with E-state index >= 15 is 0 Å². The third-order valence-corrected chi connectivity index (χ3v) is 5.12. The first-order chi connectivity index (χ1) is 9.67. The van der Waals surface area contributed by atoms with Gasteiger partial charge in [0.05, 0.1) is 11.4 Å². The van der Waals surface area contributed by atoms with E-state index in [2.05, 4.69) is 4.90 Å². The summed E-state index contributed by atoms with van der Waals surface area (Å²) in [5.74, 6) is 0.136. The summed E-state index contributed by atoms with van der Waals surface area (Å²) in [5, 5.41) is 0. The van der Waals surface area contributed by atoms with Gasteiger partial charge in [-0.25, -0.2) is 8.42 Å². The molecule has 0 N–H and O–H groups in total. The van der Waals surface area contributed by atoms with Crippen molar-refractivity contribution in [2.45, 2.75) is 0 Å². The third-order valence-electron chi connectivity index (χ3n) is 3.42. The maximum absolute atomic E-state index is 12.3. The van der Waals surface area contributed by atoms with Crippen LogP contribution in [0.5, 0.6) is 0 Å². The molecule has 0 spiro atoms. The molecule has 0 amide bonds. The molecule has 1 saturated heterocycles. The molecule has 2 aromatic rings. The largest absolute Gasteiger partial charge is 0.352 e. The smallest absolute Gasteiger partial charge is 0.238 e. The summed E-state index contributed by atoms with van der Waals surface area (Å²) in [6.45, 7) is 0.881. The number of sulfonamides is 1. The van der Waals surface area contributed by atoms with Crippen LogP contribution in [0, 0.1) is 0 Å². The van der Waals surface area contributed by atoms with Crippen LogP contribution in [-0.2, 0) is 10.0 Å². The first kappa shape index (κ1) is 13.0. The summed E-state index contributed by atoms with van der Waals surface area (Å²) in [4.78, 5) is 2.08. The fraction of sp³-hybridized carbons (Fsp3) is 0.200. The van der Waals surface area contributed by atoms with E-state index in [4.69, 9.17) is 0 Å². The van der Waals surface area contributed by atoms with Gasteiger partial charge in [0.25, 0.3) is 0 Å². The molecule has 1 aliphatic heterocycles. The lowest BCUT2D eigenvalue weighted by molar-refractivity contribution is 0.580. The fourth-order valence-electron chi connectivity index (χ4n) is 2.34. The summed E-state index contributed by atoms with van der Waals surface area (Å²) < 4.78 is 26.0. The Morgan fingerprint density at radius 1 is 0.800 bits per heavy atom. The molecular weight excluding hydrogens is 272 g/mol. The van der Waals surface area contributed by atoms with E-state index < -0.39 is 10.0 Å². The molecule has 0 bridgehead atoms. The first-order valence-electron chi connectivity index (χ1n) is 6.52. The summed E-state index contributed by atoms with van der Waals surface area (Å²) >= 11 is 0. The zero-order chi connectivity index (χ0) is 14.0. The number of rotatable bonds is 2. The van der Waals surface area contributed by atoms with Crippen LogP contribution in [0.4, 0.5) is 11.4 Å². The average Bonchev–Trinajstić information content (AvgIpc) is 2.49. The third kappa shape index (κ3) is 2.49. The van der Waals surface area contributed by atoms with Gasteiger partial charge in [0.15, 0.2) is 0 Å². The van der Waals surface area contributed by atoms with E-state index in [0.717, 1.165) is 5.69 Å². The second-order valence-electron chi connectivity index (χ2n) is 4.74. The molecule has 0 radical (unpaired) electrons. The van der Waals surface area contributed by atoms with E-state index in [1.165, 1.54) is 4.31 Å². The summed E-state index contributed by atoms with van der Waals surface area (Å²) in [5.41, 5.74) is 1.76.